The monoisotopic (exact) mass is 265 g/mol. The van der Waals surface area contributed by atoms with Crippen LogP contribution in [0.2, 0.25) is 0 Å². The third-order valence-electron chi connectivity index (χ3n) is 3.53. The molecule has 0 amide bonds. The molecule has 1 aromatic heterocycles. The number of carbonyl (C=O) groups is 1. The molecule has 0 radical (unpaired) electrons. The molecule has 0 aliphatic carbocycles. The lowest BCUT2D eigenvalue weighted by atomic mass is 10.1. The molecule has 20 heavy (non-hydrogen) atoms. The number of hydrogen-bond acceptors (Lipinski definition) is 1. The zero-order valence-electron chi connectivity index (χ0n) is 11.4. The van der Waals surface area contributed by atoms with Crippen LogP contribution in [0.4, 0.5) is 0 Å². The highest BCUT2D eigenvalue weighted by atomic mass is 16.4. The topological polar surface area (TPSA) is 42.2 Å². The zero-order chi connectivity index (χ0) is 14.3. The van der Waals surface area contributed by atoms with E-state index >= 15 is 0 Å². The van der Waals surface area contributed by atoms with Gasteiger partial charge in [-0.15, -0.1) is 0 Å². The molecule has 100 valence electrons. The first-order valence-electron chi connectivity index (χ1n) is 6.48. The molecule has 0 saturated heterocycles. The van der Waals surface area contributed by atoms with Crippen molar-refractivity contribution in [3.8, 4) is 5.69 Å². The minimum Gasteiger partial charge on any atom is -0.478 e. The first-order chi connectivity index (χ1) is 9.56. The summed E-state index contributed by atoms with van der Waals surface area (Å²) < 4.78 is 2.10. The Balaban J connectivity index is 2.25. The SMILES string of the molecule is Cc1cccc(-n2cc(C)c3cc(C(=O)O)ccc32)c1. The highest BCUT2D eigenvalue weighted by Crippen LogP contribution is 2.26. The quantitative estimate of drug-likeness (QED) is 0.762. The summed E-state index contributed by atoms with van der Waals surface area (Å²) in [4.78, 5) is 11.1. The van der Waals surface area contributed by atoms with Gasteiger partial charge in [0.1, 0.15) is 0 Å². The Kier molecular flexibility index (Phi) is 2.83. The van der Waals surface area contributed by atoms with Crippen molar-refractivity contribution in [1.29, 1.82) is 0 Å². The van der Waals surface area contributed by atoms with Crippen LogP contribution in [0.5, 0.6) is 0 Å². The fourth-order valence-corrected chi connectivity index (χ4v) is 2.52. The van der Waals surface area contributed by atoms with Crippen LogP contribution in [0.15, 0.2) is 48.7 Å². The summed E-state index contributed by atoms with van der Waals surface area (Å²) in [6, 6.07) is 13.5. The average Bonchev–Trinajstić information content (AvgIpc) is 2.76. The van der Waals surface area contributed by atoms with E-state index in [0.717, 1.165) is 22.2 Å². The Bertz CT molecular complexity index is 815. The second-order valence-electron chi connectivity index (χ2n) is 5.06. The summed E-state index contributed by atoms with van der Waals surface area (Å²) >= 11 is 0. The Morgan fingerprint density at radius 1 is 1.10 bits per heavy atom. The van der Waals surface area contributed by atoms with E-state index < -0.39 is 5.97 Å². The normalized spacial score (nSPS) is 10.9. The van der Waals surface area contributed by atoms with Crippen molar-refractivity contribution >= 4 is 16.9 Å². The molecular formula is C17H15NO2. The Hall–Kier alpha value is -2.55. The van der Waals surface area contributed by atoms with E-state index in [-0.39, 0.29) is 0 Å². The van der Waals surface area contributed by atoms with Crippen molar-refractivity contribution < 1.29 is 9.90 Å². The number of aryl methyl sites for hydroxylation is 2. The molecule has 1 N–H and O–H groups in total. The molecule has 0 aliphatic rings. The first-order valence-corrected chi connectivity index (χ1v) is 6.48. The third kappa shape index (κ3) is 1.97. The number of carboxylic acid groups (broad SMARTS) is 1. The van der Waals surface area contributed by atoms with Gasteiger partial charge in [0.25, 0.3) is 0 Å². The van der Waals surface area contributed by atoms with E-state index in [2.05, 4.69) is 29.7 Å². The predicted octanol–water partition coefficient (Wildman–Crippen LogP) is 3.95. The van der Waals surface area contributed by atoms with Gasteiger partial charge in [-0.05, 0) is 55.3 Å². The highest BCUT2D eigenvalue weighted by molar-refractivity contribution is 5.95. The number of rotatable bonds is 2. The van der Waals surface area contributed by atoms with E-state index in [1.165, 1.54) is 5.56 Å². The van der Waals surface area contributed by atoms with Crippen LogP contribution in [-0.4, -0.2) is 15.6 Å². The molecule has 3 nitrogen and oxygen atoms in total. The number of aromatic nitrogens is 1. The van der Waals surface area contributed by atoms with Crippen molar-refractivity contribution in [3.63, 3.8) is 0 Å². The average molecular weight is 265 g/mol. The maximum Gasteiger partial charge on any atom is 0.335 e. The van der Waals surface area contributed by atoms with Gasteiger partial charge >= 0.3 is 5.97 Å². The van der Waals surface area contributed by atoms with Crippen LogP contribution >= 0.6 is 0 Å². The number of nitrogens with zero attached hydrogens (tertiary/aromatic N) is 1. The zero-order valence-corrected chi connectivity index (χ0v) is 11.4. The molecule has 0 fully saturated rings. The molecule has 3 aromatic rings. The molecule has 0 spiro atoms. The number of fused-ring (bicyclic) bond motifs is 1. The van der Waals surface area contributed by atoms with Crippen LogP contribution in [-0.2, 0) is 0 Å². The van der Waals surface area contributed by atoms with Gasteiger partial charge in [0.15, 0.2) is 0 Å². The smallest absolute Gasteiger partial charge is 0.335 e. The standard InChI is InChI=1S/C17H15NO2/c1-11-4-3-5-14(8-11)18-10-12(2)15-9-13(17(19)20)6-7-16(15)18/h3-10H,1-2H3,(H,19,20). The second kappa shape index (κ2) is 4.53. The van der Waals surface area contributed by atoms with Crippen LogP contribution in [0, 0.1) is 13.8 Å². The van der Waals surface area contributed by atoms with Crippen LogP contribution in [0.3, 0.4) is 0 Å². The Morgan fingerprint density at radius 2 is 1.90 bits per heavy atom. The maximum absolute atomic E-state index is 11.1. The van der Waals surface area contributed by atoms with E-state index in [1.54, 1.807) is 12.1 Å². The molecule has 0 unspecified atom stereocenters. The molecule has 0 bridgehead atoms. The summed E-state index contributed by atoms with van der Waals surface area (Å²) in [5.41, 5.74) is 4.71. The molecule has 1 heterocycles. The third-order valence-corrected chi connectivity index (χ3v) is 3.53. The summed E-state index contributed by atoms with van der Waals surface area (Å²) in [5, 5.41) is 10.1. The number of hydrogen-bond donors (Lipinski definition) is 1. The van der Waals surface area contributed by atoms with Crippen molar-refractivity contribution in [2.24, 2.45) is 0 Å². The van der Waals surface area contributed by atoms with Gasteiger partial charge in [-0.3, -0.25) is 0 Å². The van der Waals surface area contributed by atoms with Gasteiger partial charge in [-0.2, -0.15) is 0 Å². The largest absolute Gasteiger partial charge is 0.478 e. The number of carboxylic acids is 1. The molecular weight excluding hydrogens is 250 g/mol. The molecule has 3 rings (SSSR count). The molecule has 0 saturated carbocycles. The van der Waals surface area contributed by atoms with Crippen molar-refractivity contribution in [3.05, 3.63) is 65.4 Å². The molecule has 0 atom stereocenters. The maximum atomic E-state index is 11.1. The minimum absolute atomic E-state index is 0.322. The number of aromatic carboxylic acids is 1. The van der Waals surface area contributed by atoms with Crippen LogP contribution in [0.1, 0.15) is 21.5 Å². The van der Waals surface area contributed by atoms with E-state index in [4.69, 9.17) is 5.11 Å². The fourth-order valence-electron chi connectivity index (χ4n) is 2.52. The van der Waals surface area contributed by atoms with Crippen molar-refractivity contribution in [2.75, 3.05) is 0 Å². The van der Waals surface area contributed by atoms with E-state index in [1.807, 2.05) is 25.3 Å². The van der Waals surface area contributed by atoms with Crippen molar-refractivity contribution in [2.45, 2.75) is 13.8 Å². The molecule has 0 aliphatic heterocycles. The minimum atomic E-state index is -0.894. The second-order valence-corrected chi connectivity index (χ2v) is 5.06. The summed E-state index contributed by atoms with van der Waals surface area (Å²) in [5.74, 6) is -0.894. The van der Waals surface area contributed by atoms with Gasteiger partial charge in [-0.25, -0.2) is 4.79 Å². The highest BCUT2D eigenvalue weighted by Gasteiger charge is 2.10. The van der Waals surface area contributed by atoms with Gasteiger partial charge in [0.05, 0.1) is 11.1 Å². The van der Waals surface area contributed by atoms with Crippen molar-refractivity contribution in [1.82, 2.24) is 4.57 Å². The molecule has 2 aromatic carbocycles. The van der Waals surface area contributed by atoms with Gasteiger partial charge < -0.3 is 9.67 Å². The lowest BCUT2D eigenvalue weighted by Gasteiger charge is -2.06. The summed E-state index contributed by atoms with van der Waals surface area (Å²) in [6.07, 6.45) is 2.05. The Labute approximate surface area is 117 Å². The van der Waals surface area contributed by atoms with Crippen LogP contribution in [0.25, 0.3) is 16.6 Å². The lowest BCUT2D eigenvalue weighted by molar-refractivity contribution is 0.0697. The Morgan fingerprint density at radius 3 is 2.60 bits per heavy atom. The van der Waals surface area contributed by atoms with E-state index in [9.17, 15) is 4.79 Å². The summed E-state index contributed by atoms with van der Waals surface area (Å²) in [7, 11) is 0. The molecule has 3 heteroatoms. The summed E-state index contributed by atoms with van der Waals surface area (Å²) in [6.45, 7) is 4.06. The first kappa shape index (κ1) is 12.5. The fraction of sp³-hybridized carbons (Fsp3) is 0.118. The lowest BCUT2D eigenvalue weighted by Crippen LogP contribution is -1.96. The van der Waals surface area contributed by atoms with Gasteiger partial charge in [0.2, 0.25) is 0 Å². The number of benzene rings is 2. The van der Waals surface area contributed by atoms with Crippen LogP contribution < -0.4 is 0 Å². The van der Waals surface area contributed by atoms with Gasteiger partial charge in [-0.1, -0.05) is 12.1 Å². The predicted molar refractivity (Wildman–Crippen MR) is 79.7 cm³/mol. The van der Waals surface area contributed by atoms with Gasteiger partial charge in [0, 0.05) is 17.3 Å². The van der Waals surface area contributed by atoms with E-state index in [0.29, 0.717) is 5.56 Å².